The van der Waals surface area contributed by atoms with Gasteiger partial charge in [0.25, 0.3) is 0 Å². The second kappa shape index (κ2) is 16.2. The summed E-state index contributed by atoms with van der Waals surface area (Å²) in [6, 6.07) is 26.6. The average Bonchev–Trinajstić information content (AvgIpc) is 3.60. The third kappa shape index (κ3) is 8.84. The van der Waals surface area contributed by atoms with Crippen LogP contribution in [0.15, 0.2) is 117 Å². The van der Waals surface area contributed by atoms with Gasteiger partial charge in [0, 0.05) is 61.1 Å². The maximum Gasteiger partial charge on any atom is 0.416 e. The molecule has 55 heavy (non-hydrogen) atoms. The number of para-hydroxylation sites is 1. The highest BCUT2D eigenvalue weighted by atomic mass is 32.2. The molecule has 1 fully saturated rings. The number of aromatic nitrogens is 2. The molecule has 6 aromatic rings. The maximum absolute atomic E-state index is 14.6. The first-order valence-electron chi connectivity index (χ1n) is 17.8. The second-order valence-electron chi connectivity index (χ2n) is 13.7. The van der Waals surface area contributed by atoms with Crippen LogP contribution < -0.4 is 5.43 Å². The molecule has 0 N–H and O–H groups in total. The Morgan fingerprint density at radius 3 is 2.27 bits per heavy atom. The molecule has 2 aromatic heterocycles. The number of pyridine rings is 1. The molecule has 1 amide bonds. The van der Waals surface area contributed by atoms with Crippen LogP contribution in [0.3, 0.4) is 0 Å². The molecule has 7 rings (SSSR count). The molecular formula is C42H37F5N4O3S. The number of rotatable bonds is 11. The zero-order valence-corrected chi connectivity index (χ0v) is 30.7. The molecule has 0 saturated carbocycles. The number of thioether (sulfide) groups is 1. The van der Waals surface area contributed by atoms with Gasteiger partial charge in [-0.1, -0.05) is 65.8 Å². The van der Waals surface area contributed by atoms with Gasteiger partial charge >= 0.3 is 6.18 Å². The molecule has 1 saturated heterocycles. The molecule has 0 radical (unpaired) electrons. The number of carbonyl (C=O) groups is 1. The lowest BCUT2D eigenvalue weighted by Crippen LogP contribution is -2.48. The minimum absolute atomic E-state index is 0.0358. The van der Waals surface area contributed by atoms with Crippen molar-refractivity contribution >= 4 is 28.6 Å². The van der Waals surface area contributed by atoms with Crippen LogP contribution in [0.2, 0.25) is 0 Å². The molecule has 7 nitrogen and oxygen atoms in total. The maximum atomic E-state index is 14.6. The van der Waals surface area contributed by atoms with E-state index in [0.717, 1.165) is 52.5 Å². The van der Waals surface area contributed by atoms with Crippen molar-refractivity contribution in [2.45, 2.75) is 62.4 Å². The highest BCUT2D eigenvalue weighted by Gasteiger charge is 2.31. The van der Waals surface area contributed by atoms with Gasteiger partial charge in [0.15, 0.2) is 17.1 Å². The Hall–Kier alpha value is -5.27. The Kier molecular flexibility index (Phi) is 11.2. The van der Waals surface area contributed by atoms with Crippen molar-refractivity contribution < 1.29 is 31.3 Å². The van der Waals surface area contributed by atoms with Crippen molar-refractivity contribution in [3.8, 4) is 11.1 Å². The van der Waals surface area contributed by atoms with Crippen LogP contribution in [0.4, 0.5) is 22.0 Å². The van der Waals surface area contributed by atoms with Crippen molar-refractivity contribution in [2.24, 2.45) is 0 Å². The Bertz CT molecular complexity index is 2350. The average molecular weight is 773 g/mol. The van der Waals surface area contributed by atoms with Crippen LogP contribution >= 0.6 is 11.8 Å². The van der Waals surface area contributed by atoms with E-state index in [1.165, 1.54) is 30.3 Å². The number of likely N-dealkylation sites (tertiary alicyclic amines) is 1. The molecule has 4 aromatic carbocycles. The molecule has 1 aliphatic heterocycles. The lowest BCUT2D eigenvalue weighted by molar-refractivity contribution is -0.137. The normalized spacial score (nSPS) is 14.1. The highest BCUT2D eigenvalue weighted by molar-refractivity contribution is 7.98. The molecule has 13 heteroatoms. The standard InChI is InChI=1S/C42H37F5N4O3S/c1-27-21-33(48-54-27)24-49-19-17-34(18-20-49)50(23-28-9-11-29(12-10-28)30-13-15-32(16-14-30)42(45,46)47)39(53)25-51-37-8-3-2-6-35(37)38(52)22-40(51)55-26-31-5-4-7-36(43)41(31)44/h2-16,21-22,34H,17-20,23-26H2,1H3. The van der Waals surface area contributed by atoms with Crippen molar-refractivity contribution in [1.82, 2.24) is 19.5 Å². The number of benzene rings is 4. The van der Waals surface area contributed by atoms with Gasteiger partial charge in [0.05, 0.1) is 21.8 Å². The first kappa shape index (κ1) is 38.0. The van der Waals surface area contributed by atoms with Crippen molar-refractivity contribution in [2.75, 3.05) is 13.1 Å². The Morgan fingerprint density at radius 2 is 1.60 bits per heavy atom. The fourth-order valence-electron chi connectivity index (χ4n) is 7.01. The summed E-state index contributed by atoms with van der Waals surface area (Å²) >= 11 is 1.15. The summed E-state index contributed by atoms with van der Waals surface area (Å²) < 4.78 is 75.1. The van der Waals surface area contributed by atoms with Crippen LogP contribution in [-0.4, -0.2) is 44.6 Å². The predicted octanol–water partition coefficient (Wildman–Crippen LogP) is 9.25. The zero-order chi connectivity index (χ0) is 38.7. The number of hydrogen-bond acceptors (Lipinski definition) is 6. The first-order valence-corrected chi connectivity index (χ1v) is 18.8. The van der Waals surface area contributed by atoms with E-state index in [-0.39, 0.29) is 41.8 Å². The van der Waals surface area contributed by atoms with E-state index in [1.54, 1.807) is 28.8 Å². The van der Waals surface area contributed by atoms with Crippen LogP contribution in [0, 0.1) is 18.6 Å². The summed E-state index contributed by atoms with van der Waals surface area (Å²) in [5, 5.41) is 5.00. The third-order valence-electron chi connectivity index (χ3n) is 9.91. The minimum Gasteiger partial charge on any atom is -0.361 e. The summed E-state index contributed by atoms with van der Waals surface area (Å²) in [5.74, 6) is -1.34. The number of halogens is 5. The van der Waals surface area contributed by atoms with Gasteiger partial charge in [0.2, 0.25) is 5.91 Å². The van der Waals surface area contributed by atoms with Crippen LogP contribution in [0.25, 0.3) is 22.0 Å². The summed E-state index contributed by atoms with van der Waals surface area (Å²) in [6.07, 6.45) is -3.04. The van der Waals surface area contributed by atoms with E-state index >= 15 is 0 Å². The van der Waals surface area contributed by atoms with Gasteiger partial charge < -0.3 is 14.0 Å². The summed E-state index contributed by atoms with van der Waals surface area (Å²) in [5.41, 5.74) is 2.76. The predicted molar refractivity (Wildman–Crippen MR) is 201 cm³/mol. The molecule has 3 heterocycles. The second-order valence-corrected chi connectivity index (χ2v) is 14.7. The number of piperidine rings is 1. The highest BCUT2D eigenvalue weighted by Crippen LogP contribution is 2.32. The molecular weight excluding hydrogens is 736 g/mol. The van der Waals surface area contributed by atoms with E-state index < -0.39 is 23.4 Å². The number of aryl methyl sites for hydroxylation is 1. The van der Waals surface area contributed by atoms with Gasteiger partial charge in [-0.05, 0) is 66.8 Å². The zero-order valence-electron chi connectivity index (χ0n) is 29.9. The van der Waals surface area contributed by atoms with E-state index in [9.17, 15) is 31.5 Å². The van der Waals surface area contributed by atoms with Crippen LogP contribution in [0.5, 0.6) is 0 Å². The topological polar surface area (TPSA) is 71.6 Å². The summed E-state index contributed by atoms with van der Waals surface area (Å²) in [6.45, 7) is 4.06. The Balaban J connectivity index is 1.16. The summed E-state index contributed by atoms with van der Waals surface area (Å²) in [7, 11) is 0. The third-order valence-corrected chi connectivity index (χ3v) is 11.0. The number of amides is 1. The minimum atomic E-state index is -4.43. The number of nitrogens with zero attached hydrogens (tertiary/aromatic N) is 4. The quantitative estimate of drug-likeness (QED) is 0.0967. The van der Waals surface area contributed by atoms with Gasteiger partial charge in [-0.2, -0.15) is 13.2 Å². The Morgan fingerprint density at radius 1 is 0.909 bits per heavy atom. The van der Waals surface area contributed by atoms with Crippen molar-refractivity contribution in [1.29, 1.82) is 0 Å². The number of hydrogen-bond donors (Lipinski definition) is 0. The molecule has 0 bridgehead atoms. The molecule has 1 aliphatic rings. The van der Waals surface area contributed by atoms with Crippen LogP contribution in [0.1, 0.15) is 41.0 Å². The lowest BCUT2D eigenvalue weighted by Gasteiger charge is -2.39. The number of fused-ring (bicyclic) bond motifs is 1. The van der Waals surface area contributed by atoms with Gasteiger partial charge in [-0.3, -0.25) is 14.5 Å². The van der Waals surface area contributed by atoms with Crippen LogP contribution in [-0.2, 0) is 36.4 Å². The first-order chi connectivity index (χ1) is 26.4. The van der Waals surface area contributed by atoms with Gasteiger partial charge in [-0.15, -0.1) is 11.8 Å². The molecule has 0 unspecified atom stereocenters. The van der Waals surface area contributed by atoms with Gasteiger partial charge in [-0.25, -0.2) is 8.78 Å². The largest absolute Gasteiger partial charge is 0.416 e. The fraction of sp³-hybridized carbons (Fsp3) is 0.262. The molecule has 0 atom stereocenters. The van der Waals surface area contributed by atoms with Crippen molar-refractivity contribution in [3.63, 3.8) is 0 Å². The monoisotopic (exact) mass is 772 g/mol. The lowest BCUT2D eigenvalue weighted by atomic mass is 10.00. The molecule has 284 valence electrons. The van der Waals surface area contributed by atoms with E-state index in [1.807, 2.05) is 42.2 Å². The molecule has 0 aliphatic carbocycles. The SMILES string of the molecule is Cc1cc(CN2CCC(N(Cc3ccc(-c4ccc(C(F)(F)F)cc4)cc3)C(=O)Cn3c(SCc4cccc(F)c4F)cc(=O)c4ccccc43)CC2)no1. The number of alkyl halides is 3. The number of carbonyl (C=O) groups excluding carboxylic acids is 1. The van der Waals surface area contributed by atoms with E-state index in [2.05, 4.69) is 10.1 Å². The van der Waals surface area contributed by atoms with Crippen molar-refractivity contribution in [3.05, 3.63) is 153 Å². The summed E-state index contributed by atoms with van der Waals surface area (Å²) in [4.78, 5) is 32.0. The van der Waals surface area contributed by atoms with Gasteiger partial charge in [0.1, 0.15) is 12.3 Å². The van der Waals surface area contributed by atoms with E-state index in [0.29, 0.717) is 54.0 Å². The fourth-order valence-corrected chi connectivity index (χ4v) is 8.04. The van der Waals surface area contributed by atoms with E-state index in [4.69, 9.17) is 4.52 Å². The smallest absolute Gasteiger partial charge is 0.361 e. The molecule has 0 spiro atoms. The Labute approximate surface area is 318 Å².